The zero-order valence-electron chi connectivity index (χ0n) is 10.2. The first-order valence-corrected chi connectivity index (χ1v) is 7.27. The summed E-state index contributed by atoms with van der Waals surface area (Å²) in [7, 11) is 0. The highest BCUT2D eigenvalue weighted by molar-refractivity contribution is 9.10. The van der Waals surface area contributed by atoms with E-state index >= 15 is 0 Å². The van der Waals surface area contributed by atoms with Crippen LogP contribution in [0.2, 0.25) is 0 Å². The summed E-state index contributed by atoms with van der Waals surface area (Å²) in [5.74, 6) is 0.879. The van der Waals surface area contributed by atoms with Gasteiger partial charge in [-0.1, -0.05) is 15.9 Å². The molecule has 17 heavy (non-hydrogen) atoms. The molecule has 3 aliphatic rings. The number of anilines is 1. The van der Waals surface area contributed by atoms with E-state index in [9.17, 15) is 0 Å². The molecule has 0 aromatic heterocycles. The van der Waals surface area contributed by atoms with Crippen molar-refractivity contribution in [2.45, 2.75) is 25.8 Å². The third kappa shape index (κ3) is 2.36. The molecule has 1 aromatic carbocycles. The SMILES string of the molecule is Cc1cc(NC2CN3CCC2CC3)ccc1Br. The van der Waals surface area contributed by atoms with Crippen LogP contribution in [0, 0.1) is 12.8 Å². The lowest BCUT2D eigenvalue weighted by molar-refractivity contribution is 0.0975. The zero-order chi connectivity index (χ0) is 11.8. The lowest BCUT2D eigenvalue weighted by Crippen LogP contribution is -2.53. The van der Waals surface area contributed by atoms with Crippen LogP contribution in [0.3, 0.4) is 0 Å². The number of fused-ring (bicyclic) bond motifs is 3. The highest BCUT2D eigenvalue weighted by atomic mass is 79.9. The van der Waals surface area contributed by atoms with Crippen molar-refractivity contribution in [3.8, 4) is 0 Å². The van der Waals surface area contributed by atoms with Crippen molar-refractivity contribution in [2.24, 2.45) is 5.92 Å². The molecule has 3 heterocycles. The highest BCUT2D eigenvalue weighted by Crippen LogP contribution is 2.30. The lowest BCUT2D eigenvalue weighted by Gasteiger charge is -2.45. The van der Waals surface area contributed by atoms with Gasteiger partial charge in [0.15, 0.2) is 0 Å². The molecule has 1 atom stereocenters. The predicted molar refractivity (Wildman–Crippen MR) is 75.5 cm³/mol. The van der Waals surface area contributed by atoms with Gasteiger partial charge in [0, 0.05) is 22.7 Å². The molecule has 3 heteroatoms. The number of hydrogen-bond donors (Lipinski definition) is 1. The van der Waals surface area contributed by atoms with Gasteiger partial charge in [-0.05, 0) is 62.5 Å². The summed E-state index contributed by atoms with van der Waals surface area (Å²) < 4.78 is 1.19. The summed E-state index contributed by atoms with van der Waals surface area (Å²) in [5, 5.41) is 3.72. The van der Waals surface area contributed by atoms with E-state index in [0.717, 1.165) is 5.92 Å². The third-order valence-electron chi connectivity index (χ3n) is 4.17. The summed E-state index contributed by atoms with van der Waals surface area (Å²) in [5.41, 5.74) is 2.57. The fourth-order valence-corrected chi connectivity index (χ4v) is 3.32. The summed E-state index contributed by atoms with van der Waals surface area (Å²) in [6.45, 7) is 5.98. The van der Waals surface area contributed by atoms with Gasteiger partial charge >= 0.3 is 0 Å². The Hall–Kier alpha value is -0.540. The van der Waals surface area contributed by atoms with Crippen LogP contribution in [0.1, 0.15) is 18.4 Å². The fourth-order valence-electron chi connectivity index (χ4n) is 3.08. The second kappa shape index (κ2) is 4.62. The second-order valence-electron chi connectivity index (χ2n) is 5.35. The molecule has 0 amide bonds. The van der Waals surface area contributed by atoms with Crippen LogP contribution in [0.5, 0.6) is 0 Å². The number of nitrogens with one attached hydrogen (secondary N) is 1. The van der Waals surface area contributed by atoms with Gasteiger partial charge in [-0.2, -0.15) is 0 Å². The Balaban J connectivity index is 1.72. The van der Waals surface area contributed by atoms with Gasteiger partial charge in [0.1, 0.15) is 0 Å². The molecule has 3 aliphatic heterocycles. The monoisotopic (exact) mass is 294 g/mol. The number of rotatable bonds is 2. The van der Waals surface area contributed by atoms with Crippen molar-refractivity contribution in [3.05, 3.63) is 28.2 Å². The Morgan fingerprint density at radius 3 is 2.65 bits per heavy atom. The number of halogens is 1. The third-order valence-corrected chi connectivity index (χ3v) is 5.06. The normalized spacial score (nSPS) is 31.5. The van der Waals surface area contributed by atoms with Gasteiger partial charge in [-0.15, -0.1) is 0 Å². The first kappa shape index (κ1) is 11.5. The zero-order valence-corrected chi connectivity index (χ0v) is 11.8. The molecule has 1 unspecified atom stereocenters. The molecule has 0 spiro atoms. The minimum Gasteiger partial charge on any atom is -0.381 e. The molecule has 92 valence electrons. The van der Waals surface area contributed by atoms with Gasteiger partial charge in [-0.3, -0.25) is 0 Å². The Bertz CT molecular complexity index is 411. The van der Waals surface area contributed by atoms with Crippen LogP contribution in [-0.4, -0.2) is 30.6 Å². The molecule has 0 radical (unpaired) electrons. The fraction of sp³-hybridized carbons (Fsp3) is 0.571. The van der Waals surface area contributed by atoms with E-state index in [1.165, 1.54) is 48.2 Å². The maximum absolute atomic E-state index is 3.72. The predicted octanol–water partition coefficient (Wildman–Crippen LogP) is 3.26. The molecule has 3 fully saturated rings. The van der Waals surface area contributed by atoms with Crippen LogP contribution < -0.4 is 5.32 Å². The molecule has 4 rings (SSSR count). The van der Waals surface area contributed by atoms with Crippen LogP contribution in [0.25, 0.3) is 0 Å². The molecule has 2 nitrogen and oxygen atoms in total. The Morgan fingerprint density at radius 2 is 2.06 bits per heavy atom. The standard InChI is InChI=1S/C14H19BrN2/c1-10-8-12(2-3-13(10)15)16-14-9-17-6-4-11(14)5-7-17/h2-3,8,11,14,16H,4-7,9H2,1H3. The number of nitrogens with zero attached hydrogens (tertiary/aromatic N) is 1. The maximum Gasteiger partial charge on any atom is 0.0417 e. The van der Waals surface area contributed by atoms with Crippen molar-refractivity contribution in [2.75, 3.05) is 25.0 Å². The van der Waals surface area contributed by atoms with Crippen molar-refractivity contribution in [1.82, 2.24) is 4.90 Å². The van der Waals surface area contributed by atoms with Gasteiger partial charge in [0.05, 0.1) is 0 Å². The summed E-state index contributed by atoms with van der Waals surface area (Å²) in [6.07, 6.45) is 2.74. The van der Waals surface area contributed by atoms with Gasteiger partial charge in [0.25, 0.3) is 0 Å². The van der Waals surface area contributed by atoms with Crippen molar-refractivity contribution >= 4 is 21.6 Å². The van der Waals surface area contributed by atoms with Gasteiger partial charge < -0.3 is 10.2 Å². The minimum absolute atomic E-state index is 0.651. The largest absolute Gasteiger partial charge is 0.381 e. The number of piperidine rings is 3. The number of hydrogen-bond acceptors (Lipinski definition) is 2. The first-order valence-electron chi connectivity index (χ1n) is 6.47. The number of benzene rings is 1. The van der Waals surface area contributed by atoms with Crippen LogP contribution in [0.15, 0.2) is 22.7 Å². The van der Waals surface area contributed by atoms with Crippen LogP contribution in [0.4, 0.5) is 5.69 Å². The Morgan fingerprint density at radius 1 is 1.29 bits per heavy atom. The number of aryl methyl sites for hydroxylation is 1. The summed E-state index contributed by atoms with van der Waals surface area (Å²) >= 11 is 3.55. The van der Waals surface area contributed by atoms with Gasteiger partial charge in [-0.25, -0.2) is 0 Å². The van der Waals surface area contributed by atoms with Crippen molar-refractivity contribution < 1.29 is 0 Å². The average molecular weight is 295 g/mol. The molecule has 2 bridgehead atoms. The molecule has 0 saturated carbocycles. The van der Waals surface area contributed by atoms with Crippen molar-refractivity contribution in [3.63, 3.8) is 0 Å². The topological polar surface area (TPSA) is 15.3 Å². The molecular weight excluding hydrogens is 276 g/mol. The summed E-state index contributed by atoms with van der Waals surface area (Å²) in [4.78, 5) is 2.59. The average Bonchev–Trinajstić information content (AvgIpc) is 2.35. The summed E-state index contributed by atoms with van der Waals surface area (Å²) in [6, 6.07) is 7.20. The quantitative estimate of drug-likeness (QED) is 0.901. The van der Waals surface area contributed by atoms with Gasteiger partial charge in [0.2, 0.25) is 0 Å². The Kier molecular flexibility index (Phi) is 3.14. The first-order chi connectivity index (χ1) is 8.22. The molecule has 1 N–H and O–H groups in total. The maximum atomic E-state index is 3.72. The van der Waals surface area contributed by atoms with E-state index < -0.39 is 0 Å². The molecular formula is C14H19BrN2. The lowest BCUT2D eigenvalue weighted by atomic mass is 9.84. The van der Waals surface area contributed by atoms with E-state index in [0.29, 0.717) is 6.04 Å². The van der Waals surface area contributed by atoms with Crippen LogP contribution >= 0.6 is 15.9 Å². The van der Waals surface area contributed by atoms with E-state index in [2.05, 4.69) is 51.3 Å². The van der Waals surface area contributed by atoms with E-state index in [1.54, 1.807) is 0 Å². The van der Waals surface area contributed by atoms with E-state index in [-0.39, 0.29) is 0 Å². The molecule has 3 saturated heterocycles. The van der Waals surface area contributed by atoms with Crippen LogP contribution in [-0.2, 0) is 0 Å². The molecule has 0 aliphatic carbocycles. The second-order valence-corrected chi connectivity index (χ2v) is 6.21. The van der Waals surface area contributed by atoms with E-state index in [4.69, 9.17) is 0 Å². The van der Waals surface area contributed by atoms with Crippen molar-refractivity contribution in [1.29, 1.82) is 0 Å². The highest BCUT2D eigenvalue weighted by Gasteiger charge is 2.33. The molecule has 1 aromatic rings. The van der Waals surface area contributed by atoms with E-state index in [1.807, 2.05) is 0 Å². The Labute approximate surface area is 112 Å². The smallest absolute Gasteiger partial charge is 0.0417 e. The minimum atomic E-state index is 0.651.